The van der Waals surface area contributed by atoms with Crippen LogP contribution >= 0.6 is 0 Å². The van der Waals surface area contributed by atoms with Crippen molar-refractivity contribution in [3.63, 3.8) is 0 Å². The Hall–Kier alpha value is -3.24. The van der Waals surface area contributed by atoms with Crippen LogP contribution in [-0.2, 0) is 10.0 Å². The van der Waals surface area contributed by atoms with E-state index in [0.29, 0.717) is 33.8 Å². The molecule has 1 saturated heterocycles. The topological polar surface area (TPSA) is 101 Å². The van der Waals surface area contributed by atoms with E-state index in [1.807, 2.05) is 6.92 Å². The normalized spacial score (nSPS) is 15.0. The average molecular weight is 474 g/mol. The third kappa shape index (κ3) is 4.11. The third-order valence-electron chi connectivity index (χ3n) is 5.86. The summed E-state index contributed by atoms with van der Waals surface area (Å²) in [7, 11) is 1.00. The Kier molecular flexibility index (Phi) is 6.22. The number of piperazine rings is 1. The quantitative estimate of drug-likeness (QED) is 0.591. The van der Waals surface area contributed by atoms with E-state index in [-0.39, 0.29) is 37.0 Å². The molecule has 0 aliphatic carbocycles. The maximum atomic E-state index is 13.2. The SMILES string of the molecule is COc1cc(OC)c2cc(C(=O)N3CCN(S(=O)(=O)c4ccc(C)cc4)CC3)[nH]c2c1OC. The van der Waals surface area contributed by atoms with Crippen LogP contribution in [0, 0.1) is 6.92 Å². The number of aryl methyl sites for hydroxylation is 1. The molecule has 1 N–H and O–H groups in total. The number of aromatic amines is 1. The minimum absolute atomic E-state index is 0.221. The first-order chi connectivity index (χ1) is 15.8. The van der Waals surface area contributed by atoms with Crippen LogP contribution in [0.5, 0.6) is 17.2 Å². The van der Waals surface area contributed by atoms with E-state index in [1.165, 1.54) is 18.5 Å². The fourth-order valence-electron chi connectivity index (χ4n) is 4.01. The lowest BCUT2D eigenvalue weighted by molar-refractivity contribution is 0.0693. The van der Waals surface area contributed by atoms with Crippen LogP contribution in [0.1, 0.15) is 16.1 Å². The summed E-state index contributed by atoms with van der Waals surface area (Å²) in [6, 6.07) is 10.2. The molecule has 10 heteroatoms. The lowest BCUT2D eigenvalue weighted by atomic mass is 10.2. The van der Waals surface area contributed by atoms with Crippen molar-refractivity contribution in [3.8, 4) is 17.2 Å². The van der Waals surface area contributed by atoms with Gasteiger partial charge in [-0.05, 0) is 25.1 Å². The second-order valence-corrected chi connectivity index (χ2v) is 9.73. The summed E-state index contributed by atoms with van der Waals surface area (Å²) in [5.74, 6) is 1.28. The molecule has 4 rings (SSSR count). The van der Waals surface area contributed by atoms with Gasteiger partial charge in [-0.15, -0.1) is 0 Å². The molecular formula is C23H27N3O6S. The number of fused-ring (bicyclic) bond motifs is 1. The van der Waals surface area contributed by atoms with Crippen LogP contribution < -0.4 is 14.2 Å². The molecule has 3 aromatic rings. The van der Waals surface area contributed by atoms with Crippen molar-refractivity contribution < 1.29 is 27.4 Å². The molecule has 33 heavy (non-hydrogen) atoms. The van der Waals surface area contributed by atoms with E-state index in [2.05, 4.69) is 4.98 Å². The zero-order valence-corrected chi connectivity index (χ0v) is 19.9. The molecule has 0 saturated carbocycles. The number of rotatable bonds is 6. The van der Waals surface area contributed by atoms with Crippen molar-refractivity contribution in [2.75, 3.05) is 47.5 Å². The minimum Gasteiger partial charge on any atom is -0.496 e. The Balaban J connectivity index is 1.55. The highest BCUT2D eigenvalue weighted by Crippen LogP contribution is 2.41. The fraction of sp³-hybridized carbons (Fsp3) is 0.348. The van der Waals surface area contributed by atoms with E-state index < -0.39 is 10.0 Å². The van der Waals surface area contributed by atoms with Crippen molar-refractivity contribution >= 4 is 26.8 Å². The van der Waals surface area contributed by atoms with Gasteiger partial charge in [-0.25, -0.2) is 8.42 Å². The number of benzene rings is 2. The second-order valence-electron chi connectivity index (χ2n) is 7.80. The number of amides is 1. The Morgan fingerprint density at radius 1 is 0.909 bits per heavy atom. The number of nitrogens with zero attached hydrogens (tertiary/aromatic N) is 2. The maximum absolute atomic E-state index is 13.2. The standard InChI is InChI=1S/C23H27N3O6S/c1-15-5-7-16(8-6-15)33(28,29)26-11-9-25(10-12-26)23(27)18-13-17-19(30-2)14-20(31-3)22(32-4)21(17)24-18/h5-8,13-14,24H,9-12H2,1-4H3. The molecule has 0 bridgehead atoms. The molecule has 0 unspecified atom stereocenters. The van der Waals surface area contributed by atoms with Gasteiger partial charge in [0, 0.05) is 37.6 Å². The molecule has 0 radical (unpaired) electrons. The molecular weight excluding hydrogens is 446 g/mol. The molecule has 1 fully saturated rings. The van der Waals surface area contributed by atoms with Crippen molar-refractivity contribution in [1.82, 2.24) is 14.2 Å². The zero-order chi connectivity index (χ0) is 23.8. The average Bonchev–Trinajstić information content (AvgIpc) is 3.28. The lowest BCUT2D eigenvalue weighted by Crippen LogP contribution is -2.50. The highest BCUT2D eigenvalue weighted by molar-refractivity contribution is 7.89. The number of hydrogen-bond donors (Lipinski definition) is 1. The summed E-state index contributed by atoms with van der Waals surface area (Å²) in [4.78, 5) is 18.2. The van der Waals surface area contributed by atoms with Crippen molar-refractivity contribution in [2.24, 2.45) is 0 Å². The summed E-state index contributed by atoms with van der Waals surface area (Å²) in [5, 5.41) is 0.694. The van der Waals surface area contributed by atoms with Gasteiger partial charge >= 0.3 is 0 Å². The van der Waals surface area contributed by atoms with E-state index in [4.69, 9.17) is 14.2 Å². The largest absolute Gasteiger partial charge is 0.496 e. The van der Waals surface area contributed by atoms with Gasteiger partial charge in [-0.2, -0.15) is 4.31 Å². The van der Waals surface area contributed by atoms with E-state index in [0.717, 1.165) is 5.56 Å². The second kappa shape index (κ2) is 8.95. The molecule has 1 aromatic heterocycles. The number of nitrogens with one attached hydrogen (secondary N) is 1. The molecule has 176 valence electrons. The van der Waals surface area contributed by atoms with Gasteiger partial charge in [0.2, 0.25) is 10.0 Å². The van der Waals surface area contributed by atoms with Crippen LogP contribution in [-0.4, -0.2) is 76.0 Å². The van der Waals surface area contributed by atoms with Crippen LogP contribution in [0.3, 0.4) is 0 Å². The first kappa shape index (κ1) is 22.9. The lowest BCUT2D eigenvalue weighted by Gasteiger charge is -2.33. The molecule has 2 aromatic carbocycles. The highest BCUT2D eigenvalue weighted by Gasteiger charge is 2.31. The number of carbonyl (C=O) groups excluding carboxylic acids is 1. The molecule has 0 atom stereocenters. The van der Waals surface area contributed by atoms with Crippen LogP contribution in [0.15, 0.2) is 41.3 Å². The number of sulfonamides is 1. The molecule has 2 heterocycles. The number of carbonyl (C=O) groups is 1. The van der Waals surface area contributed by atoms with E-state index >= 15 is 0 Å². The predicted molar refractivity (Wildman–Crippen MR) is 124 cm³/mol. The van der Waals surface area contributed by atoms with Gasteiger partial charge in [0.15, 0.2) is 11.5 Å². The number of hydrogen-bond acceptors (Lipinski definition) is 6. The molecule has 1 amide bonds. The highest BCUT2D eigenvalue weighted by atomic mass is 32.2. The zero-order valence-electron chi connectivity index (χ0n) is 19.0. The van der Waals surface area contributed by atoms with Gasteiger partial charge < -0.3 is 24.1 Å². The van der Waals surface area contributed by atoms with Crippen LogP contribution in [0.2, 0.25) is 0 Å². The van der Waals surface area contributed by atoms with Crippen molar-refractivity contribution in [3.05, 3.63) is 47.7 Å². The molecule has 1 aliphatic heterocycles. The molecule has 9 nitrogen and oxygen atoms in total. The van der Waals surface area contributed by atoms with Crippen LogP contribution in [0.25, 0.3) is 10.9 Å². The summed E-state index contributed by atoms with van der Waals surface area (Å²) >= 11 is 0. The Bertz CT molecular complexity index is 1280. The number of methoxy groups -OCH3 is 3. The number of H-pyrrole nitrogens is 1. The maximum Gasteiger partial charge on any atom is 0.270 e. The molecule has 1 aliphatic rings. The third-order valence-corrected chi connectivity index (χ3v) is 7.77. The van der Waals surface area contributed by atoms with Gasteiger partial charge in [-0.3, -0.25) is 4.79 Å². The van der Waals surface area contributed by atoms with Gasteiger partial charge in [-0.1, -0.05) is 17.7 Å². The summed E-state index contributed by atoms with van der Waals surface area (Å²) in [6.45, 7) is 2.94. The molecule has 0 spiro atoms. The summed E-state index contributed by atoms with van der Waals surface area (Å²) in [5.41, 5.74) is 1.95. The first-order valence-corrected chi connectivity index (χ1v) is 11.9. The minimum atomic E-state index is -3.60. The predicted octanol–water partition coefficient (Wildman–Crippen LogP) is 2.65. The Morgan fingerprint density at radius 2 is 1.55 bits per heavy atom. The first-order valence-electron chi connectivity index (χ1n) is 10.5. The van der Waals surface area contributed by atoms with E-state index in [1.54, 1.807) is 48.4 Å². The summed E-state index contributed by atoms with van der Waals surface area (Å²) in [6.07, 6.45) is 0. The fourth-order valence-corrected chi connectivity index (χ4v) is 5.44. The Morgan fingerprint density at radius 3 is 2.12 bits per heavy atom. The number of aromatic nitrogens is 1. The van der Waals surface area contributed by atoms with E-state index in [9.17, 15) is 13.2 Å². The van der Waals surface area contributed by atoms with Crippen molar-refractivity contribution in [1.29, 1.82) is 0 Å². The monoisotopic (exact) mass is 473 g/mol. The summed E-state index contributed by atoms with van der Waals surface area (Å²) < 4.78 is 43.6. The number of ether oxygens (including phenoxy) is 3. The van der Waals surface area contributed by atoms with Crippen LogP contribution in [0.4, 0.5) is 0 Å². The van der Waals surface area contributed by atoms with Gasteiger partial charge in [0.25, 0.3) is 5.91 Å². The van der Waals surface area contributed by atoms with Gasteiger partial charge in [0.05, 0.1) is 31.7 Å². The smallest absolute Gasteiger partial charge is 0.270 e. The van der Waals surface area contributed by atoms with Crippen molar-refractivity contribution in [2.45, 2.75) is 11.8 Å². The Labute approximate surface area is 192 Å². The van der Waals surface area contributed by atoms with Gasteiger partial charge in [0.1, 0.15) is 11.4 Å².